The average Bonchev–Trinajstić information content (AvgIpc) is 3.15. The normalized spacial score (nSPS) is 10.4. The fourth-order valence-electron chi connectivity index (χ4n) is 3.32. The van der Waals surface area contributed by atoms with E-state index in [4.69, 9.17) is 4.74 Å². The van der Waals surface area contributed by atoms with E-state index in [1.807, 2.05) is 54.0 Å². The van der Waals surface area contributed by atoms with Crippen LogP contribution in [0.1, 0.15) is 18.2 Å². The first-order valence-electron chi connectivity index (χ1n) is 10.3. The molecule has 5 nitrogen and oxygen atoms in total. The molecule has 4 rings (SSSR count). The maximum Gasteiger partial charge on any atom is 0.214 e. The number of hydrogen-bond donors (Lipinski definition) is 2. The molecular weight excluding hydrogens is 506 g/mol. The van der Waals surface area contributed by atoms with Gasteiger partial charge in [0.25, 0.3) is 0 Å². The SMILES string of the molecule is CC(N)=O.Cc1ccc(-c2cc(Br)ccc2OCc2ccc(F)cc2F)n1-c1ccc(O)cc1. The summed E-state index contributed by atoms with van der Waals surface area (Å²) < 4.78 is 36.0. The van der Waals surface area contributed by atoms with Crippen molar-refractivity contribution in [3.8, 4) is 28.4 Å². The van der Waals surface area contributed by atoms with Crippen LogP contribution in [0.5, 0.6) is 11.5 Å². The van der Waals surface area contributed by atoms with Crippen LogP contribution in [0.4, 0.5) is 8.78 Å². The number of hydrogen-bond acceptors (Lipinski definition) is 3. The second kappa shape index (κ2) is 11.0. The number of ether oxygens (including phenoxy) is 1. The first kappa shape index (κ1) is 25.0. The Labute approximate surface area is 204 Å². The van der Waals surface area contributed by atoms with Gasteiger partial charge in [-0.1, -0.05) is 15.9 Å². The number of halogens is 3. The number of phenols is 1. The molecule has 0 saturated carbocycles. The van der Waals surface area contributed by atoms with Crippen LogP contribution < -0.4 is 10.5 Å². The first-order chi connectivity index (χ1) is 16.2. The highest BCUT2D eigenvalue weighted by atomic mass is 79.9. The fourth-order valence-corrected chi connectivity index (χ4v) is 3.68. The highest BCUT2D eigenvalue weighted by Gasteiger charge is 2.15. The number of rotatable bonds is 5. The molecule has 176 valence electrons. The molecule has 0 bridgehead atoms. The van der Waals surface area contributed by atoms with Gasteiger partial charge in [-0.2, -0.15) is 0 Å². The zero-order valence-electron chi connectivity index (χ0n) is 18.6. The third-order valence-corrected chi connectivity index (χ3v) is 5.29. The molecule has 0 aliphatic heterocycles. The van der Waals surface area contributed by atoms with Crippen molar-refractivity contribution in [2.75, 3.05) is 0 Å². The van der Waals surface area contributed by atoms with Gasteiger partial charge in [-0.3, -0.25) is 4.79 Å². The number of benzene rings is 3. The van der Waals surface area contributed by atoms with Gasteiger partial charge in [-0.05, 0) is 73.7 Å². The molecule has 3 aromatic carbocycles. The molecule has 1 amide bonds. The number of aryl methyl sites for hydroxylation is 1. The van der Waals surface area contributed by atoms with Gasteiger partial charge in [0.1, 0.15) is 29.7 Å². The van der Waals surface area contributed by atoms with Crippen LogP contribution in [0.15, 0.2) is 77.3 Å². The van der Waals surface area contributed by atoms with Crippen molar-refractivity contribution in [1.82, 2.24) is 4.57 Å². The summed E-state index contributed by atoms with van der Waals surface area (Å²) in [5.74, 6) is -0.835. The predicted octanol–water partition coefficient (Wildman–Crippen LogP) is 6.27. The summed E-state index contributed by atoms with van der Waals surface area (Å²) in [6, 6.07) is 19.9. The molecule has 3 N–H and O–H groups in total. The van der Waals surface area contributed by atoms with Crippen LogP contribution in [0.3, 0.4) is 0 Å². The lowest BCUT2D eigenvalue weighted by molar-refractivity contribution is -0.115. The Balaban J connectivity index is 0.000000751. The standard InChI is InChI=1S/C24H18BrF2NO2.C2H5NO/c1-15-2-10-23(28(15)19-6-8-20(29)9-7-19)21-12-17(25)4-11-24(21)30-14-16-3-5-18(26)13-22(16)27;1-2(3)4/h2-13,29H,14H2,1H3;1H3,(H2,3,4). The number of nitrogens with two attached hydrogens (primary N) is 1. The highest BCUT2D eigenvalue weighted by molar-refractivity contribution is 9.10. The summed E-state index contributed by atoms with van der Waals surface area (Å²) in [7, 11) is 0. The summed E-state index contributed by atoms with van der Waals surface area (Å²) in [6.45, 7) is 3.27. The molecule has 0 unspecified atom stereocenters. The summed E-state index contributed by atoms with van der Waals surface area (Å²) in [4.78, 5) is 9.22. The number of phenolic OH excluding ortho intramolecular Hbond substituents is 1. The Bertz CT molecular complexity index is 1300. The Morgan fingerprint density at radius 2 is 1.71 bits per heavy atom. The Kier molecular flexibility index (Phi) is 8.07. The van der Waals surface area contributed by atoms with Crippen molar-refractivity contribution in [2.24, 2.45) is 5.73 Å². The van der Waals surface area contributed by atoms with Crippen molar-refractivity contribution in [3.63, 3.8) is 0 Å². The minimum Gasteiger partial charge on any atom is -0.508 e. The van der Waals surface area contributed by atoms with Gasteiger partial charge in [-0.15, -0.1) is 0 Å². The minimum absolute atomic E-state index is 0.0281. The topological polar surface area (TPSA) is 77.5 Å². The molecular formula is C26H23BrF2N2O3. The van der Waals surface area contributed by atoms with Gasteiger partial charge in [-0.25, -0.2) is 8.78 Å². The lowest BCUT2D eigenvalue weighted by atomic mass is 10.1. The number of nitrogens with zero attached hydrogens (tertiary/aromatic N) is 1. The van der Waals surface area contributed by atoms with E-state index < -0.39 is 11.6 Å². The van der Waals surface area contributed by atoms with Gasteiger partial charge >= 0.3 is 0 Å². The van der Waals surface area contributed by atoms with E-state index in [1.54, 1.807) is 12.1 Å². The molecule has 4 aromatic rings. The molecule has 0 radical (unpaired) electrons. The lowest BCUT2D eigenvalue weighted by Gasteiger charge is -2.16. The van der Waals surface area contributed by atoms with Crippen LogP contribution >= 0.6 is 15.9 Å². The molecule has 34 heavy (non-hydrogen) atoms. The third-order valence-electron chi connectivity index (χ3n) is 4.80. The third kappa shape index (κ3) is 6.23. The molecule has 8 heteroatoms. The quantitative estimate of drug-likeness (QED) is 0.320. The molecule has 0 fully saturated rings. The van der Waals surface area contributed by atoms with Crippen molar-refractivity contribution in [3.05, 3.63) is 100 Å². The van der Waals surface area contributed by atoms with Crippen LogP contribution in [0, 0.1) is 18.6 Å². The molecule has 0 spiro atoms. The van der Waals surface area contributed by atoms with Crippen LogP contribution in [-0.4, -0.2) is 15.6 Å². The van der Waals surface area contributed by atoms with E-state index in [0.29, 0.717) is 5.75 Å². The van der Waals surface area contributed by atoms with E-state index in [-0.39, 0.29) is 23.8 Å². The van der Waals surface area contributed by atoms with Crippen molar-refractivity contribution < 1.29 is 23.4 Å². The Morgan fingerprint density at radius 3 is 2.35 bits per heavy atom. The molecule has 1 heterocycles. The monoisotopic (exact) mass is 528 g/mol. The first-order valence-corrected chi connectivity index (χ1v) is 11.1. The van der Waals surface area contributed by atoms with E-state index in [2.05, 4.69) is 21.7 Å². The molecule has 0 atom stereocenters. The predicted molar refractivity (Wildman–Crippen MR) is 131 cm³/mol. The molecule has 1 aromatic heterocycles. The number of amides is 1. The maximum absolute atomic E-state index is 14.0. The zero-order chi connectivity index (χ0) is 24.8. The van der Waals surface area contributed by atoms with Gasteiger partial charge in [0.15, 0.2) is 0 Å². The van der Waals surface area contributed by atoms with E-state index >= 15 is 0 Å². The summed E-state index contributed by atoms with van der Waals surface area (Å²) >= 11 is 3.51. The van der Waals surface area contributed by atoms with E-state index in [9.17, 15) is 18.7 Å². The minimum atomic E-state index is -0.642. The van der Waals surface area contributed by atoms with Gasteiger partial charge in [0, 0.05) is 40.0 Å². The second-order valence-corrected chi connectivity index (χ2v) is 8.40. The summed E-state index contributed by atoms with van der Waals surface area (Å²) in [5, 5.41) is 9.62. The summed E-state index contributed by atoms with van der Waals surface area (Å²) in [6.07, 6.45) is 0. The van der Waals surface area contributed by atoms with E-state index in [1.165, 1.54) is 19.1 Å². The zero-order valence-corrected chi connectivity index (χ0v) is 20.1. The maximum atomic E-state index is 14.0. The van der Waals surface area contributed by atoms with Crippen molar-refractivity contribution in [2.45, 2.75) is 20.5 Å². The number of carbonyl (C=O) groups is 1. The Morgan fingerprint density at radius 1 is 1.03 bits per heavy atom. The van der Waals surface area contributed by atoms with Gasteiger partial charge < -0.3 is 20.1 Å². The van der Waals surface area contributed by atoms with Crippen LogP contribution in [0.2, 0.25) is 0 Å². The summed E-state index contributed by atoms with van der Waals surface area (Å²) in [5.41, 5.74) is 8.34. The molecule has 0 aliphatic carbocycles. The molecule has 0 aliphatic rings. The fraction of sp³-hybridized carbons (Fsp3) is 0.115. The molecule has 0 saturated heterocycles. The largest absolute Gasteiger partial charge is 0.508 e. The number of primary amides is 1. The number of carbonyl (C=O) groups excluding carboxylic acids is 1. The highest BCUT2D eigenvalue weighted by Crippen LogP contribution is 2.36. The smallest absolute Gasteiger partial charge is 0.214 e. The van der Waals surface area contributed by atoms with Crippen LogP contribution in [-0.2, 0) is 11.4 Å². The van der Waals surface area contributed by atoms with Gasteiger partial charge in [0.05, 0.1) is 5.69 Å². The second-order valence-electron chi connectivity index (χ2n) is 7.49. The van der Waals surface area contributed by atoms with Crippen molar-refractivity contribution in [1.29, 1.82) is 0 Å². The van der Waals surface area contributed by atoms with E-state index in [0.717, 1.165) is 33.2 Å². The average molecular weight is 529 g/mol. The van der Waals surface area contributed by atoms with Gasteiger partial charge in [0.2, 0.25) is 5.91 Å². The Hall–Kier alpha value is -3.65. The lowest BCUT2D eigenvalue weighted by Crippen LogP contribution is -2.03. The van der Waals surface area contributed by atoms with Crippen molar-refractivity contribution >= 4 is 21.8 Å². The number of aromatic nitrogens is 1. The number of aromatic hydroxyl groups is 1. The van der Waals surface area contributed by atoms with Crippen LogP contribution in [0.25, 0.3) is 16.9 Å².